The molecule has 1 aromatic carbocycles. The van der Waals surface area contributed by atoms with Gasteiger partial charge in [-0.15, -0.1) is 0 Å². The molecule has 3 heteroatoms. The fourth-order valence-corrected chi connectivity index (χ4v) is 3.70. The van der Waals surface area contributed by atoms with Crippen molar-refractivity contribution >= 4 is 0 Å². The number of fused-ring (bicyclic) bond motifs is 1. The van der Waals surface area contributed by atoms with Gasteiger partial charge in [-0.05, 0) is 49.9 Å². The Labute approximate surface area is 128 Å². The third kappa shape index (κ3) is 3.65. The first kappa shape index (κ1) is 15.0. The molecule has 0 amide bonds. The van der Waals surface area contributed by atoms with E-state index in [1.807, 2.05) is 0 Å². The van der Waals surface area contributed by atoms with Crippen molar-refractivity contribution in [3.8, 4) is 0 Å². The third-order valence-corrected chi connectivity index (χ3v) is 4.79. The van der Waals surface area contributed by atoms with Crippen LogP contribution in [0.1, 0.15) is 43.4 Å². The van der Waals surface area contributed by atoms with E-state index in [-0.39, 0.29) is 6.10 Å². The van der Waals surface area contributed by atoms with E-state index < -0.39 is 0 Å². The Morgan fingerprint density at radius 3 is 3.05 bits per heavy atom. The Hall–Kier alpha value is -0.900. The lowest BCUT2D eigenvalue weighted by atomic mass is 9.96. The summed E-state index contributed by atoms with van der Waals surface area (Å²) in [6.45, 7) is 7.67. The summed E-state index contributed by atoms with van der Waals surface area (Å²) in [7, 11) is 0. The molecule has 21 heavy (non-hydrogen) atoms. The zero-order valence-electron chi connectivity index (χ0n) is 13.2. The standard InChI is InChI=1S/C18H28N2O/c1-2-11-20(16-7-5-10-19-13-16)14-18-17-8-4-3-6-15(17)9-12-21-18/h3-4,6,8,16,18-19H,2,5,7,9-14H2,1H3. The van der Waals surface area contributed by atoms with Crippen molar-refractivity contribution < 1.29 is 4.74 Å². The number of rotatable bonds is 5. The van der Waals surface area contributed by atoms with Crippen LogP contribution in [0.25, 0.3) is 0 Å². The molecule has 116 valence electrons. The van der Waals surface area contributed by atoms with Gasteiger partial charge in [0.2, 0.25) is 0 Å². The van der Waals surface area contributed by atoms with E-state index in [4.69, 9.17) is 4.74 Å². The highest BCUT2D eigenvalue weighted by molar-refractivity contribution is 5.31. The highest BCUT2D eigenvalue weighted by Crippen LogP contribution is 2.28. The Morgan fingerprint density at radius 1 is 1.33 bits per heavy atom. The third-order valence-electron chi connectivity index (χ3n) is 4.79. The first-order chi connectivity index (χ1) is 10.4. The minimum absolute atomic E-state index is 0.253. The summed E-state index contributed by atoms with van der Waals surface area (Å²) in [6, 6.07) is 9.49. The second-order valence-electron chi connectivity index (χ2n) is 6.30. The normalized spacial score (nSPS) is 25.8. The lowest BCUT2D eigenvalue weighted by Crippen LogP contribution is -2.48. The zero-order valence-corrected chi connectivity index (χ0v) is 13.2. The van der Waals surface area contributed by atoms with Crippen LogP contribution in [0.5, 0.6) is 0 Å². The lowest BCUT2D eigenvalue weighted by molar-refractivity contribution is 0.00305. The number of hydrogen-bond donors (Lipinski definition) is 1. The molecular weight excluding hydrogens is 260 g/mol. The summed E-state index contributed by atoms with van der Waals surface area (Å²) in [4.78, 5) is 2.65. The average molecular weight is 288 g/mol. The fraction of sp³-hybridized carbons (Fsp3) is 0.667. The minimum atomic E-state index is 0.253. The van der Waals surface area contributed by atoms with Gasteiger partial charge in [0, 0.05) is 19.1 Å². The number of benzene rings is 1. The van der Waals surface area contributed by atoms with Crippen LogP contribution in [0.2, 0.25) is 0 Å². The van der Waals surface area contributed by atoms with Gasteiger partial charge in [-0.1, -0.05) is 31.2 Å². The van der Waals surface area contributed by atoms with Gasteiger partial charge >= 0.3 is 0 Å². The molecule has 2 aliphatic rings. The van der Waals surface area contributed by atoms with Crippen molar-refractivity contribution in [2.24, 2.45) is 0 Å². The van der Waals surface area contributed by atoms with Crippen LogP contribution in [0.4, 0.5) is 0 Å². The molecule has 0 bridgehead atoms. The molecule has 2 aliphatic heterocycles. The molecule has 1 saturated heterocycles. The van der Waals surface area contributed by atoms with Crippen LogP contribution in [0.15, 0.2) is 24.3 Å². The van der Waals surface area contributed by atoms with Crippen LogP contribution in [0, 0.1) is 0 Å². The molecule has 2 heterocycles. The number of hydrogen-bond acceptors (Lipinski definition) is 3. The van der Waals surface area contributed by atoms with Gasteiger partial charge in [-0.3, -0.25) is 4.90 Å². The second-order valence-corrected chi connectivity index (χ2v) is 6.30. The maximum absolute atomic E-state index is 6.11. The van der Waals surface area contributed by atoms with Crippen LogP contribution >= 0.6 is 0 Å². The van der Waals surface area contributed by atoms with E-state index in [9.17, 15) is 0 Å². The molecule has 2 unspecified atom stereocenters. The maximum atomic E-state index is 6.11. The first-order valence-electron chi connectivity index (χ1n) is 8.52. The Kier molecular flexibility index (Phi) is 5.28. The molecule has 1 fully saturated rings. The van der Waals surface area contributed by atoms with Gasteiger partial charge in [0.05, 0.1) is 12.7 Å². The molecule has 3 nitrogen and oxygen atoms in total. The van der Waals surface area contributed by atoms with Crippen molar-refractivity contribution in [3.63, 3.8) is 0 Å². The van der Waals surface area contributed by atoms with Crippen molar-refractivity contribution in [2.75, 3.05) is 32.8 Å². The predicted molar refractivity (Wildman–Crippen MR) is 86.6 cm³/mol. The van der Waals surface area contributed by atoms with Gasteiger partial charge in [0.25, 0.3) is 0 Å². The molecule has 0 spiro atoms. The Bertz CT molecular complexity index is 443. The van der Waals surface area contributed by atoms with Gasteiger partial charge in [-0.25, -0.2) is 0 Å². The van der Waals surface area contributed by atoms with Crippen LogP contribution in [-0.2, 0) is 11.2 Å². The van der Waals surface area contributed by atoms with Crippen LogP contribution in [0.3, 0.4) is 0 Å². The smallest absolute Gasteiger partial charge is 0.0954 e. The molecule has 3 rings (SSSR count). The summed E-state index contributed by atoms with van der Waals surface area (Å²) >= 11 is 0. The number of piperidine rings is 1. The molecule has 0 aliphatic carbocycles. The summed E-state index contributed by atoms with van der Waals surface area (Å²) < 4.78 is 6.11. The van der Waals surface area contributed by atoms with Crippen LogP contribution < -0.4 is 5.32 Å². The van der Waals surface area contributed by atoms with E-state index in [1.54, 1.807) is 0 Å². The number of ether oxygens (including phenoxy) is 1. The fourth-order valence-electron chi connectivity index (χ4n) is 3.70. The van der Waals surface area contributed by atoms with Gasteiger partial charge in [-0.2, -0.15) is 0 Å². The van der Waals surface area contributed by atoms with E-state index in [2.05, 4.69) is 41.4 Å². The summed E-state index contributed by atoms with van der Waals surface area (Å²) in [5.74, 6) is 0. The largest absolute Gasteiger partial charge is 0.372 e. The summed E-state index contributed by atoms with van der Waals surface area (Å²) in [5, 5.41) is 3.55. The molecule has 2 atom stereocenters. The van der Waals surface area contributed by atoms with E-state index in [0.29, 0.717) is 6.04 Å². The van der Waals surface area contributed by atoms with Gasteiger partial charge in [0.15, 0.2) is 0 Å². The van der Waals surface area contributed by atoms with E-state index >= 15 is 0 Å². The summed E-state index contributed by atoms with van der Waals surface area (Å²) in [6.07, 6.45) is 5.15. The van der Waals surface area contributed by atoms with E-state index in [0.717, 1.165) is 26.1 Å². The van der Waals surface area contributed by atoms with Gasteiger partial charge < -0.3 is 10.1 Å². The highest BCUT2D eigenvalue weighted by Gasteiger charge is 2.27. The van der Waals surface area contributed by atoms with Crippen molar-refractivity contribution in [1.29, 1.82) is 0 Å². The van der Waals surface area contributed by atoms with E-state index in [1.165, 1.54) is 43.5 Å². The van der Waals surface area contributed by atoms with Gasteiger partial charge in [0.1, 0.15) is 0 Å². The molecule has 0 saturated carbocycles. The first-order valence-corrected chi connectivity index (χ1v) is 8.52. The van der Waals surface area contributed by atoms with Crippen molar-refractivity contribution in [2.45, 2.75) is 44.8 Å². The Morgan fingerprint density at radius 2 is 2.24 bits per heavy atom. The molecule has 0 radical (unpaired) electrons. The average Bonchev–Trinajstić information content (AvgIpc) is 2.55. The molecule has 1 aromatic rings. The summed E-state index contributed by atoms with van der Waals surface area (Å²) in [5.41, 5.74) is 2.89. The number of nitrogens with zero attached hydrogens (tertiary/aromatic N) is 1. The SMILES string of the molecule is CCCN(CC1OCCc2ccccc21)C1CCCNC1. The zero-order chi connectivity index (χ0) is 14.5. The quantitative estimate of drug-likeness (QED) is 0.901. The Balaban J connectivity index is 1.71. The number of nitrogens with one attached hydrogen (secondary N) is 1. The minimum Gasteiger partial charge on any atom is -0.372 e. The highest BCUT2D eigenvalue weighted by atomic mass is 16.5. The monoisotopic (exact) mass is 288 g/mol. The van der Waals surface area contributed by atoms with Crippen molar-refractivity contribution in [3.05, 3.63) is 35.4 Å². The van der Waals surface area contributed by atoms with Crippen LogP contribution in [-0.4, -0.2) is 43.7 Å². The van der Waals surface area contributed by atoms with Crippen molar-refractivity contribution in [1.82, 2.24) is 10.2 Å². The lowest BCUT2D eigenvalue weighted by Gasteiger charge is -2.38. The topological polar surface area (TPSA) is 24.5 Å². The molecular formula is C18H28N2O. The second kappa shape index (κ2) is 7.39. The predicted octanol–water partition coefficient (Wildman–Crippen LogP) is 2.76. The molecule has 0 aromatic heterocycles. The maximum Gasteiger partial charge on any atom is 0.0954 e. The molecule has 1 N–H and O–H groups in total.